The average Bonchev–Trinajstić information content (AvgIpc) is 2.17. The van der Waals surface area contributed by atoms with Crippen LogP contribution in [0.1, 0.15) is 12.0 Å². The first-order chi connectivity index (χ1) is 7.08. The maximum atomic E-state index is 11.7. The second kappa shape index (κ2) is 5.75. The Kier molecular flexibility index (Phi) is 4.62. The average molecular weight is 218 g/mol. The molecule has 0 fully saturated rings. The summed E-state index contributed by atoms with van der Waals surface area (Å²) >= 11 is 0. The third-order valence-corrected chi connectivity index (χ3v) is 1.86. The van der Waals surface area contributed by atoms with Crippen LogP contribution in [0.15, 0.2) is 30.3 Å². The summed E-state index contributed by atoms with van der Waals surface area (Å²) in [5.74, 6) is 0. The molecule has 0 saturated carbocycles. The van der Waals surface area contributed by atoms with Crippen LogP contribution >= 0.6 is 0 Å². The van der Waals surface area contributed by atoms with Crippen molar-refractivity contribution in [3.8, 4) is 0 Å². The lowest BCUT2D eigenvalue weighted by Crippen LogP contribution is -2.17. The van der Waals surface area contributed by atoms with Crippen molar-refractivity contribution in [3.63, 3.8) is 0 Å². The molecule has 0 saturated heterocycles. The van der Waals surface area contributed by atoms with Gasteiger partial charge in [-0.05, 0) is 18.4 Å². The molecule has 1 aromatic carbocycles. The maximum absolute atomic E-state index is 11.7. The molecular weight excluding hydrogens is 205 g/mol. The monoisotopic (exact) mass is 218 g/mol. The molecule has 0 aliphatic heterocycles. The van der Waals surface area contributed by atoms with Gasteiger partial charge in [0.25, 0.3) is 0 Å². The van der Waals surface area contributed by atoms with Crippen molar-refractivity contribution >= 4 is 0 Å². The van der Waals surface area contributed by atoms with Crippen LogP contribution in [0.5, 0.6) is 0 Å². The summed E-state index contributed by atoms with van der Waals surface area (Å²) < 4.78 is 39.5. The zero-order chi connectivity index (χ0) is 11.1. The third-order valence-electron chi connectivity index (χ3n) is 1.86. The molecule has 4 heteroatoms. The first-order valence-electron chi connectivity index (χ1n) is 4.76. The van der Waals surface area contributed by atoms with Gasteiger partial charge in [0.2, 0.25) is 0 Å². The summed E-state index contributed by atoms with van der Waals surface area (Å²) in [4.78, 5) is 0. The van der Waals surface area contributed by atoms with Gasteiger partial charge in [-0.3, -0.25) is 0 Å². The number of alkyl halides is 3. The number of hydrogen-bond acceptors (Lipinski definition) is 1. The molecule has 0 N–H and O–H groups in total. The molecule has 0 unspecified atom stereocenters. The first kappa shape index (κ1) is 12.0. The van der Waals surface area contributed by atoms with Gasteiger partial charge in [-0.15, -0.1) is 0 Å². The number of benzene rings is 1. The highest BCUT2D eigenvalue weighted by molar-refractivity contribution is 5.14. The van der Waals surface area contributed by atoms with Crippen LogP contribution in [0.25, 0.3) is 0 Å². The van der Waals surface area contributed by atoms with E-state index < -0.39 is 12.8 Å². The summed E-state index contributed by atoms with van der Waals surface area (Å²) in [6.45, 7) is -1.00. The van der Waals surface area contributed by atoms with Crippen molar-refractivity contribution in [3.05, 3.63) is 35.9 Å². The van der Waals surface area contributed by atoms with Crippen LogP contribution in [-0.4, -0.2) is 19.4 Å². The lowest BCUT2D eigenvalue weighted by Gasteiger charge is -2.07. The van der Waals surface area contributed by atoms with Crippen molar-refractivity contribution in [2.45, 2.75) is 19.0 Å². The Morgan fingerprint density at radius 1 is 1.07 bits per heavy atom. The highest BCUT2D eigenvalue weighted by Gasteiger charge is 2.27. The van der Waals surface area contributed by atoms with Gasteiger partial charge < -0.3 is 4.74 Å². The third kappa shape index (κ3) is 6.12. The number of halogens is 3. The number of hydrogen-bond donors (Lipinski definition) is 0. The van der Waals surface area contributed by atoms with Crippen molar-refractivity contribution in [1.29, 1.82) is 0 Å². The fourth-order valence-corrected chi connectivity index (χ4v) is 1.21. The normalized spacial score (nSPS) is 11.7. The van der Waals surface area contributed by atoms with Crippen LogP contribution in [0, 0.1) is 0 Å². The molecule has 0 aromatic heterocycles. The van der Waals surface area contributed by atoms with Gasteiger partial charge in [0.15, 0.2) is 0 Å². The highest BCUT2D eigenvalue weighted by Crippen LogP contribution is 2.14. The summed E-state index contributed by atoms with van der Waals surface area (Å²) in [6, 6.07) is 9.62. The molecule has 0 amide bonds. The van der Waals surface area contributed by atoms with E-state index >= 15 is 0 Å². The van der Waals surface area contributed by atoms with Crippen molar-refractivity contribution in [2.24, 2.45) is 0 Å². The van der Waals surface area contributed by atoms with E-state index in [0.717, 1.165) is 12.0 Å². The Labute approximate surface area is 86.9 Å². The first-order valence-corrected chi connectivity index (χ1v) is 4.76. The summed E-state index contributed by atoms with van der Waals surface area (Å²) in [6.07, 6.45) is -2.86. The van der Waals surface area contributed by atoms with Crippen LogP contribution in [0.2, 0.25) is 0 Å². The smallest absolute Gasteiger partial charge is 0.372 e. The Balaban J connectivity index is 2.08. The lowest BCUT2D eigenvalue weighted by atomic mass is 10.1. The Morgan fingerprint density at radius 2 is 1.73 bits per heavy atom. The molecule has 0 aliphatic carbocycles. The molecule has 0 atom stereocenters. The van der Waals surface area contributed by atoms with Crippen LogP contribution in [0.3, 0.4) is 0 Å². The van der Waals surface area contributed by atoms with Gasteiger partial charge in [-0.2, -0.15) is 13.2 Å². The number of aryl methyl sites for hydroxylation is 1. The standard InChI is InChI=1S/C11H13F3O/c12-11(13,14)9-15-8-4-7-10-5-2-1-3-6-10/h1-3,5-6H,4,7-9H2. The molecule has 0 aliphatic rings. The summed E-state index contributed by atoms with van der Waals surface area (Å²) in [5.41, 5.74) is 1.12. The van der Waals surface area contributed by atoms with E-state index in [9.17, 15) is 13.2 Å². The molecule has 84 valence electrons. The molecule has 0 radical (unpaired) electrons. The van der Waals surface area contributed by atoms with E-state index in [1.165, 1.54) is 0 Å². The summed E-state index contributed by atoms with van der Waals surface area (Å²) in [5, 5.41) is 0. The van der Waals surface area contributed by atoms with Gasteiger partial charge in [0, 0.05) is 6.61 Å². The van der Waals surface area contributed by atoms with E-state index in [2.05, 4.69) is 4.74 Å². The van der Waals surface area contributed by atoms with Gasteiger partial charge in [-0.25, -0.2) is 0 Å². The number of rotatable bonds is 5. The number of ether oxygens (including phenoxy) is 1. The van der Waals surface area contributed by atoms with E-state index in [1.54, 1.807) is 0 Å². The largest absolute Gasteiger partial charge is 0.411 e. The molecule has 0 bridgehead atoms. The SMILES string of the molecule is FC(F)(F)COCCCc1ccccc1. The molecular formula is C11H13F3O. The van der Waals surface area contributed by atoms with Crippen LogP contribution < -0.4 is 0 Å². The Morgan fingerprint density at radius 3 is 2.33 bits per heavy atom. The van der Waals surface area contributed by atoms with Crippen molar-refractivity contribution in [2.75, 3.05) is 13.2 Å². The van der Waals surface area contributed by atoms with E-state index in [-0.39, 0.29) is 6.61 Å². The minimum absolute atomic E-state index is 0.147. The second-order valence-electron chi connectivity index (χ2n) is 3.26. The molecule has 1 nitrogen and oxygen atoms in total. The van der Waals surface area contributed by atoms with Crippen LogP contribution in [0.4, 0.5) is 13.2 Å². The fraction of sp³-hybridized carbons (Fsp3) is 0.455. The Hall–Kier alpha value is -1.03. The zero-order valence-electron chi connectivity index (χ0n) is 8.26. The molecule has 0 spiro atoms. The van der Waals surface area contributed by atoms with E-state index in [0.29, 0.717) is 6.42 Å². The van der Waals surface area contributed by atoms with Crippen molar-refractivity contribution in [1.82, 2.24) is 0 Å². The fourth-order valence-electron chi connectivity index (χ4n) is 1.21. The molecule has 0 heterocycles. The summed E-state index contributed by atoms with van der Waals surface area (Å²) in [7, 11) is 0. The van der Waals surface area contributed by atoms with Gasteiger partial charge in [-0.1, -0.05) is 30.3 Å². The van der Waals surface area contributed by atoms with Crippen molar-refractivity contribution < 1.29 is 17.9 Å². The van der Waals surface area contributed by atoms with Crippen LogP contribution in [-0.2, 0) is 11.2 Å². The van der Waals surface area contributed by atoms with Gasteiger partial charge in [0.05, 0.1) is 0 Å². The second-order valence-corrected chi connectivity index (χ2v) is 3.26. The molecule has 1 rings (SSSR count). The molecule has 1 aromatic rings. The minimum Gasteiger partial charge on any atom is -0.372 e. The van der Waals surface area contributed by atoms with Gasteiger partial charge in [0.1, 0.15) is 6.61 Å². The van der Waals surface area contributed by atoms with E-state index in [1.807, 2.05) is 30.3 Å². The lowest BCUT2D eigenvalue weighted by molar-refractivity contribution is -0.174. The minimum atomic E-state index is -4.22. The topological polar surface area (TPSA) is 9.23 Å². The predicted molar refractivity (Wildman–Crippen MR) is 51.6 cm³/mol. The van der Waals surface area contributed by atoms with E-state index in [4.69, 9.17) is 0 Å². The molecule has 15 heavy (non-hydrogen) atoms. The van der Waals surface area contributed by atoms with Gasteiger partial charge >= 0.3 is 6.18 Å². The Bertz CT molecular complexity index is 269. The zero-order valence-corrected chi connectivity index (χ0v) is 8.26. The predicted octanol–water partition coefficient (Wildman–Crippen LogP) is 3.20. The maximum Gasteiger partial charge on any atom is 0.411 e. The quantitative estimate of drug-likeness (QED) is 0.689. The highest BCUT2D eigenvalue weighted by atomic mass is 19.4.